The zero-order chi connectivity index (χ0) is 13.5. The SMILES string of the molecule is C=C(CN)COc1cc(OC)c(OC)c(OC)c1. The summed E-state index contributed by atoms with van der Waals surface area (Å²) in [6, 6.07) is 3.45. The molecule has 0 aromatic heterocycles. The molecule has 0 bridgehead atoms. The highest BCUT2D eigenvalue weighted by atomic mass is 16.5. The molecule has 2 N–H and O–H groups in total. The first-order valence-electron chi connectivity index (χ1n) is 5.45. The molecule has 5 heteroatoms. The Morgan fingerprint density at radius 3 is 2.06 bits per heavy atom. The predicted molar refractivity (Wildman–Crippen MR) is 69.8 cm³/mol. The van der Waals surface area contributed by atoms with Crippen LogP contribution in [0.1, 0.15) is 0 Å². The number of rotatable bonds is 7. The average Bonchev–Trinajstić information content (AvgIpc) is 2.43. The molecule has 0 atom stereocenters. The molecule has 0 unspecified atom stereocenters. The largest absolute Gasteiger partial charge is 0.493 e. The van der Waals surface area contributed by atoms with Gasteiger partial charge in [0, 0.05) is 18.7 Å². The Morgan fingerprint density at radius 2 is 1.67 bits per heavy atom. The Morgan fingerprint density at radius 1 is 1.11 bits per heavy atom. The average molecular weight is 253 g/mol. The third-order valence-corrected chi connectivity index (χ3v) is 2.37. The highest BCUT2D eigenvalue weighted by molar-refractivity contribution is 5.55. The van der Waals surface area contributed by atoms with Crippen molar-refractivity contribution < 1.29 is 18.9 Å². The Hall–Kier alpha value is -1.88. The minimum absolute atomic E-state index is 0.356. The minimum atomic E-state index is 0.356. The van der Waals surface area contributed by atoms with E-state index in [9.17, 15) is 0 Å². The normalized spacial score (nSPS) is 9.78. The van der Waals surface area contributed by atoms with Crippen molar-refractivity contribution in [2.24, 2.45) is 5.73 Å². The van der Waals surface area contributed by atoms with Crippen LogP contribution in [0.15, 0.2) is 24.3 Å². The first-order valence-corrected chi connectivity index (χ1v) is 5.45. The molecule has 0 saturated heterocycles. The molecule has 1 aromatic carbocycles. The van der Waals surface area contributed by atoms with Crippen molar-refractivity contribution in [1.82, 2.24) is 0 Å². The van der Waals surface area contributed by atoms with Crippen LogP contribution in [0.3, 0.4) is 0 Å². The number of ether oxygens (including phenoxy) is 4. The van der Waals surface area contributed by atoms with Gasteiger partial charge < -0.3 is 24.7 Å². The van der Waals surface area contributed by atoms with Gasteiger partial charge in [-0.3, -0.25) is 0 Å². The fourth-order valence-corrected chi connectivity index (χ4v) is 1.38. The van der Waals surface area contributed by atoms with Crippen LogP contribution in [-0.4, -0.2) is 34.5 Å². The van der Waals surface area contributed by atoms with Crippen molar-refractivity contribution in [3.8, 4) is 23.0 Å². The molecule has 0 aliphatic rings. The Kier molecular flexibility index (Phi) is 5.32. The van der Waals surface area contributed by atoms with Crippen LogP contribution in [0, 0.1) is 0 Å². The molecule has 0 amide bonds. The molecule has 0 aliphatic heterocycles. The van der Waals surface area contributed by atoms with Crippen molar-refractivity contribution in [2.45, 2.75) is 0 Å². The van der Waals surface area contributed by atoms with E-state index in [-0.39, 0.29) is 0 Å². The highest BCUT2D eigenvalue weighted by Crippen LogP contribution is 2.40. The zero-order valence-corrected chi connectivity index (χ0v) is 11.0. The maximum atomic E-state index is 5.55. The molecule has 1 aromatic rings. The molecule has 1 rings (SSSR count). The summed E-state index contributed by atoms with van der Waals surface area (Å²) in [4.78, 5) is 0. The fraction of sp³-hybridized carbons (Fsp3) is 0.385. The lowest BCUT2D eigenvalue weighted by Crippen LogP contribution is -2.10. The van der Waals surface area contributed by atoms with E-state index in [1.54, 1.807) is 33.5 Å². The molecular formula is C13H19NO4. The van der Waals surface area contributed by atoms with Gasteiger partial charge in [-0.2, -0.15) is 0 Å². The van der Waals surface area contributed by atoms with Gasteiger partial charge in [-0.15, -0.1) is 0 Å². The summed E-state index contributed by atoms with van der Waals surface area (Å²) in [5, 5.41) is 0. The second-order valence-corrected chi connectivity index (χ2v) is 3.60. The summed E-state index contributed by atoms with van der Waals surface area (Å²) in [5.74, 6) is 2.24. The summed E-state index contributed by atoms with van der Waals surface area (Å²) in [5.41, 5.74) is 6.25. The van der Waals surface area contributed by atoms with Gasteiger partial charge in [-0.25, -0.2) is 0 Å². The number of benzene rings is 1. The molecule has 100 valence electrons. The molecule has 18 heavy (non-hydrogen) atoms. The zero-order valence-electron chi connectivity index (χ0n) is 11.0. The molecule has 0 saturated carbocycles. The molecular weight excluding hydrogens is 234 g/mol. The van der Waals surface area contributed by atoms with Crippen molar-refractivity contribution >= 4 is 0 Å². The summed E-state index contributed by atoms with van der Waals surface area (Å²) in [6.45, 7) is 4.52. The number of nitrogens with two attached hydrogens (primary N) is 1. The molecule has 0 spiro atoms. The maximum absolute atomic E-state index is 5.55. The quantitative estimate of drug-likeness (QED) is 0.748. The van der Waals surface area contributed by atoms with E-state index >= 15 is 0 Å². The fourth-order valence-electron chi connectivity index (χ4n) is 1.38. The molecule has 0 heterocycles. The third kappa shape index (κ3) is 3.30. The maximum Gasteiger partial charge on any atom is 0.203 e. The number of hydrogen-bond acceptors (Lipinski definition) is 5. The van der Waals surface area contributed by atoms with Gasteiger partial charge in [0.05, 0.1) is 21.3 Å². The van der Waals surface area contributed by atoms with Gasteiger partial charge in [-0.1, -0.05) is 6.58 Å². The van der Waals surface area contributed by atoms with Crippen molar-refractivity contribution in [2.75, 3.05) is 34.5 Å². The standard InChI is InChI=1S/C13H19NO4/c1-9(7-14)8-18-10-5-11(15-2)13(17-4)12(6-10)16-3/h5-6H,1,7-8,14H2,2-4H3. The number of methoxy groups -OCH3 is 3. The molecule has 0 radical (unpaired) electrons. The van der Waals surface area contributed by atoms with Crippen molar-refractivity contribution in [1.29, 1.82) is 0 Å². The Bertz CT molecular complexity index is 392. The van der Waals surface area contributed by atoms with E-state index in [1.807, 2.05) is 0 Å². The van der Waals surface area contributed by atoms with Gasteiger partial charge in [0.25, 0.3) is 0 Å². The summed E-state index contributed by atoms with van der Waals surface area (Å²) >= 11 is 0. The Labute approximate surface area is 107 Å². The lowest BCUT2D eigenvalue weighted by atomic mass is 10.2. The van der Waals surface area contributed by atoms with Crippen molar-refractivity contribution in [3.63, 3.8) is 0 Å². The lowest BCUT2D eigenvalue weighted by molar-refractivity contribution is 0.311. The second kappa shape index (κ2) is 6.76. The smallest absolute Gasteiger partial charge is 0.203 e. The topological polar surface area (TPSA) is 62.9 Å². The van der Waals surface area contributed by atoms with E-state index in [1.165, 1.54) is 0 Å². The Balaban J connectivity index is 2.96. The van der Waals surface area contributed by atoms with Gasteiger partial charge in [0.1, 0.15) is 12.4 Å². The first-order chi connectivity index (χ1) is 8.65. The van der Waals surface area contributed by atoms with E-state index in [0.717, 1.165) is 5.57 Å². The van der Waals surface area contributed by atoms with Crippen LogP contribution in [0.2, 0.25) is 0 Å². The van der Waals surface area contributed by atoms with Gasteiger partial charge >= 0.3 is 0 Å². The predicted octanol–water partition coefficient (Wildman–Crippen LogP) is 1.61. The van der Waals surface area contributed by atoms with Gasteiger partial charge in [0.15, 0.2) is 11.5 Å². The molecule has 5 nitrogen and oxygen atoms in total. The van der Waals surface area contributed by atoms with E-state index in [2.05, 4.69) is 6.58 Å². The second-order valence-electron chi connectivity index (χ2n) is 3.60. The van der Waals surface area contributed by atoms with Crippen LogP contribution < -0.4 is 24.7 Å². The number of hydrogen-bond donors (Lipinski definition) is 1. The van der Waals surface area contributed by atoms with Gasteiger partial charge in [-0.05, 0) is 5.57 Å². The molecule has 0 aliphatic carbocycles. The van der Waals surface area contributed by atoms with Crippen LogP contribution in [-0.2, 0) is 0 Å². The summed E-state index contributed by atoms with van der Waals surface area (Å²) in [7, 11) is 4.66. The monoisotopic (exact) mass is 253 g/mol. The third-order valence-electron chi connectivity index (χ3n) is 2.37. The van der Waals surface area contributed by atoms with Gasteiger partial charge in [0.2, 0.25) is 5.75 Å². The van der Waals surface area contributed by atoms with E-state index in [4.69, 9.17) is 24.7 Å². The van der Waals surface area contributed by atoms with Crippen molar-refractivity contribution in [3.05, 3.63) is 24.3 Å². The summed E-state index contributed by atoms with van der Waals surface area (Å²) < 4.78 is 21.2. The van der Waals surface area contributed by atoms with Crippen LogP contribution in [0.4, 0.5) is 0 Å². The first kappa shape index (κ1) is 14.2. The lowest BCUT2D eigenvalue weighted by Gasteiger charge is -2.14. The summed E-state index contributed by atoms with van der Waals surface area (Å²) in [6.07, 6.45) is 0. The van der Waals surface area contributed by atoms with Crippen LogP contribution >= 0.6 is 0 Å². The molecule has 0 fully saturated rings. The van der Waals surface area contributed by atoms with E-state index < -0.39 is 0 Å². The van der Waals surface area contributed by atoms with Crippen LogP contribution in [0.25, 0.3) is 0 Å². The van der Waals surface area contributed by atoms with Crippen LogP contribution in [0.5, 0.6) is 23.0 Å². The minimum Gasteiger partial charge on any atom is -0.493 e. The van der Waals surface area contributed by atoms with E-state index in [0.29, 0.717) is 36.1 Å². The highest BCUT2D eigenvalue weighted by Gasteiger charge is 2.13.